The summed E-state index contributed by atoms with van der Waals surface area (Å²) in [6.45, 7) is 5.86. The van der Waals surface area contributed by atoms with Crippen molar-refractivity contribution < 1.29 is 19.0 Å². The van der Waals surface area contributed by atoms with Gasteiger partial charge in [-0.3, -0.25) is 4.79 Å². The summed E-state index contributed by atoms with van der Waals surface area (Å²) in [5.41, 5.74) is 1.52. The highest BCUT2D eigenvalue weighted by Gasteiger charge is 2.20. The number of hydrogen-bond acceptors (Lipinski definition) is 4. The average molecular weight is 378 g/mol. The lowest BCUT2D eigenvalue weighted by Gasteiger charge is -2.19. The Morgan fingerprint density at radius 2 is 1.65 bits per heavy atom. The summed E-state index contributed by atoms with van der Waals surface area (Å²) in [5.74, 6) is 1.58. The first-order valence-electron chi connectivity index (χ1n) is 8.35. The van der Waals surface area contributed by atoms with E-state index in [2.05, 4.69) is 19.2 Å². The van der Waals surface area contributed by atoms with Gasteiger partial charge in [0.2, 0.25) is 0 Å². The Kier molecular flexibility index (Phi) is 6.75. The molecule has 0 aliphatic rings. The monoisotopic (exact) mass is 377 g/mol. The first-order chi connectivity index (χ1) is 12.4. The van der Waals surface area contributed by atoms with Crippen molar-refractivity contribution >= 4 is 23.2 Å². The molecule has 140 valence electrons. The van der Waals surface area contributed by atoms with E-state index in [9.17, 15) is 4.79 Å². The van der Waals surface area contributed by atoms with Gasteiger partial charge in [0.05, 0.1) is 24.9 Å². The first kappa shape index (κ1) is 19.9. The minimum absolute atomic E-state index is 0.294. The highest BCUT2D eigenvalue weighted by atomic mass is 35.5. The number of rotatable bonds is 7. The summed E-state index contributed by atoms with van der Waals surface area (Å²) in [5, 5.41) is 3.20. The number of anilines is 1. The van der Waals surface area contributed by atoms with Gasteiger partial charge in [-0.1, -0.05) is 43.6 Å². The molecule has 1 amide bonds. The Morgan fingerprint density at radius 3 is 2.27 bits per heavy atom. The second-order valence-corrected chi connectivity index (χ2v) is 6.54. The maximum absolute atomic E-state index is 12.6. The van der Waals surface area contributed by atoms with Crippen LogP contribution in [0.5, 0.6) is 17.2 Å². The van der Waals surface area contributed by atoms with E-state index in [1.807, 2.05) is 24.3 Å². The zero-order chi connectivity index (χ0) is 19.3. The van der Waals surface area contributed by atoms with Gasteiger partial charge in [0.15, 0.2) is 6.10 Å². The quantitative estimate of drug-likeness (QED) is 0.746. The molecule has 0 aromatic heterocycles. The standard InChI is InChI=1S/C20H24ClNO4/c1-12(2)14-8-6-7-9-17(14)26-13(3)20(23)22-16-11-18(24-4)15(21)10-19(16)25-5/h6-13H,1-5H3,(H,22,23)/t13-/m0/s1. The third-order valence-electron chi connectivity index (χ3n) is 3.95. The molecule has 26 heavy (non-hydrogen) atoms. The molecule has 1 atom stereocenters. The molecule has 0 saturated carbocycles. The molecule has 0 bridgehead atoms. The number of nitrogens with one attached hydrogen (secondary N) is 1. The van der Waals surface area contributed by atoms with Crippen molar-refractivity contribution in [3.63, 3.8) is 0 Å². The molecular formula is C20H24ClNO4. The van der Waals surface area contributed by atoms with E-state index in [4.69, 9.17) is 25.8 Å². The molecule has 2 aromatic carbocycles. The van der Waals surface area contributed by atoms with Gasteiger partial charge in [0.25, 0.3) is 5.91 Å². The maximum Gasteiger partial charge on any atom is 0.265 e. The molecular weight excluding hydrogens is 354 g/mol. The Morgan fingerprint density at radius 1 is 1.00 bits per heavy atom. The number of methoxy groups -OCH3 is 2. The molecule has 0 unspecified atom stereocenters. The van der Waals surface area contributed by atoms with Crippen LogP contribution in [0.4, 0.5) is 5.69 Å². The van der Waals surface area contributed by atoms with Gasteiger partial charge in [0, 0.05) is 12.1 Å². The van der Waals surface area contributed by atoms with Crippen molar-refractivity contribution in [2.45, 2.75) is 32.8 Å². The summed E-state index contributed by atoms with van der Waals surface area (Å²) in [6.07, 6.45) is -0.693. The number of hydrogen-bond donors (Lipinski definition) is 1. The molecule has 0 saturated heterocycles. The Labute approximate surface area is 159 Å². The van der Waals surface area contributed by atoms with Gasteiger partial charge in [-0.25, -0.2) is 0 Å². The van der Waals surface area contributed by atoms with Crippen LogP contribution in [0, 0.1) is 0 Å². The first-order valence-corrected chi connectivity index (χ1v) is 8.73. The van der Waals surface area contributed by atoms with Crippen LogP contribution in [-0.4, -0.2) is 26.2 Å². The molecule has 0 spiro atoms. The van der Waals surface area contributed by atoms with Crippen LogP contribution in [0.3, 0.4) is 0 Å². The molecule has 2 aromatic rings. The molecule has 6 heteroatoms. The van der Waals surface area contributed by atoms with Crippen LogP contribution < -0.4 is 19.5 Å². The van der Waals surface area contributed by atoms with Crippen molar-refractivity contribution in [2.24, 2.45) is 0 Å². The number of halogens is 1. The van der Waals surface area contributed by atoms with Crippen molar-refractivity contribution in [3.8, 4) is 17.2 Å². The maximum atomic E-state index is 12.6. The van der Waals surface area contributed by atoms with Gasteiger partial charge in [0.1, 0.15) is 17.2 Å². The second kappa shape index (κ2) is 8.81. The topological polar surface area (TPSA) is 56.8 Å². The zero-order valence-electron chi connectivity index (χ0n) is 15.6. The number of amides is 1. The van der Waals surface area contributed by atoms with Crippen molar-refractivity contribution in [3.05, 3.63) is 47.0 Å². The third-order valence-corrected chi connectivity index (χ3v) is 4.24. The minimum Gasteiger partial charge on any atom is -0.495 e. The lowest BCUT2D eigenvalue weighted by molar-refractivity contribution is -0.122. The van der Waals surface area contributed by atoms with E-state index in [0.29, 0.717) is 33.9 Å². The van der Waals surface area contributed by atoms with Crippen molar-refractivity contribution in [1.82, 2.24) is 0 Å². The van der Waals surface area contributed by atoms with E-state index in [-0.39, 0.29) is 5.91 Å². The number of carbonyl (C=O) groups excluding carboxylic acids is 1. The fourth-order valence-corrected chi connectivity index (χ4v) is 2.73. The number of carbonyl (C=O) groups is 1. The number of ether oxygens (including phenoxy) is 3. The van der Waals surface area contributed by atoms with Crippen molar-refractivity contribution in [2.75, 3.05) is 19.5 Å². The van der Waals surface area contributed by atoms with E-state index in [1.54, 1.807) is 19.1 Å². The van der Waals surface area contributed by atoms with Crippen LogP contribution in [0.1, 0.15) is 32.3 Å². The molecule has 0 aliphatic carbocycles. The lowest BCUT2D eigenvalue weighted by Crippen LogP contribution is -2.30. The summed E-state index contributed by atoms with van der Waals surface area (Å²) < 4.78 is 16.4. The van der Waals surface area contributed by atoms with Gasteiger partial charge in [-0.15, -0.1) is 0 Å². The zero-order valence-corrected chi connectivity index (χ0v) is 16.4. The number of para-hydroxylation sites is 1. The molecule has 0 aliphatic heterocycles. The molecule has 0 radical (unpaired) electrons. The summed E-state index contributed by atoms with van der Waals surface area (Å²) in [6, 6.07) is 10.9. The van der Waals surface area contributed by atoms with Crippen LogP contribution in [0.15, 0.2) is 36.4 Å². The fourth-order valence-electron chi connectivity index (χ4n) is 2.50. The second-order valence-electron chi connectivity index (χ2n) is 6.13. The average Bonchev–Trinajstić information content (AvgIpc) is 2.62. The smallest absolute Gasteiger partial charge is 0.265 e. The predicted molar refractivity (Wildman–Crippen MR) is 104 cm³/mol. The predicted octanol–water partition coefficient (Wildman–Crippen LogP) is 4.89. The van der Waals surface area contributed by atoms with Crippen LogP contribution in [0.25, 0.3) is 0 Å². The van der Waals surface area contributed by atoms with Gasteiger partial charge >= 0.3 is 0 Å². The van der Waals surface area contributed by atoms with Crippen LogP contribution in [-0.2, 0) is 4.79 Å². The van der Waals surface area contributed by atoms with Crippen LogP contribution >= 0.6 is 11.6 Å². The minimum atomic E-state index is -0.693. The summed E-state index contributed by atoms with van der Waals surface area (Å²) >= 11 is 6.09. The summed E-state index contributed by atoms with van der Waals surface area (Å²) in [4.78, 5) is 12.6. The SMILES string of the molecule is COc1cc(NC(=O)[C@H](C)Oc2ccccc2C(C)C)c(OC)cc1Cl. The van der Waals surface area contributed by atoms with Crippen LogP contribution in [0.2, 0.25) is 5.02 Å². The van der Waals surface area contributed by atoms with Gasteiger partial charge in [-0.2, -0.15) is 0 Å². The van der Waals surface area contributed by atoms with Gasteiger partial charge < -0.3 is 19.5 Å². The molecule has 0 fully saturated rings. The third kappa shape index (κ3) is 4.61. The van der Waals surface area contributed by atoms with E-state index in [0.717, 1.165) is 5.56 Å². The fraction of sp³-hybridized carbons (Fsp3) is 0.350. The molecule has 0 heterocycles. The lowest BCUT2D eigenvalue weighted by atomic mass is 10.0. The van der Waals surface area contributed by atoms with E-state index < -0.39 is 6.10 Å². The van der Waals surface area contributed by atoms with E-state index in [1.165, 1.54) is 14.2 Å². The highest BCUT2D eigenvalue weighted by Crippen LogP contribution is 2.36. The molecule has 2 rings (SSSR count). The molecule has 1 N–H and O–H groups in total. The summed E-state index contributed by atoms with van der Waals surface area (Å²) in [7, 11) is 3.01. The normalized spacial score (nSPS) is 11.8. The Balaban J connectivity index is 2.18. The van der Waals surface area contributed by atoms with Gasteiger partial charge in [-0.05, 0) is 24.5 Å². The number of benzene rings is 2. The highest BCUT2D eigenvalue weighted by molar-refractivity contribution is 6.32. The van der Waals surface area contributed by atoms with E-state index >= 15 is 0 Å². The Hall–Kier alpha value is -2.40. The molecule has 5 nitrogen and oxygen atoms in total. The largest absolute Gasteiger partial charge is 0.495 e. The Bertz CT molecular complexity index is 776. The van der Waals surface area contributed by atoms with Crippen molar-refractivity contribution in [1.29, 1.82) is 0 Å².